The summed E-state index contributed by atoms with van der Waals surface area (Å²) in [6.07, 6.45) is 0. The van der Waals surface area contributed by atoms with Crippen molar-refractivity contribution in [1.29, 1.82) is 0 Å². The molecule has 0 unspecified atom stereocenters. The third-order valence-electron chi connectivity index (χ3n) is 2.21. The molecule has 0 radical (unpaired) electrons. The summed E-state index contributed by atoms with van der Waals surface area (Å²) in [4.78, 5) is 11.5. The molecule has 0 saturated carbocycles. The molecule has 5 heteroatoms. The number of nitrogens with two attached hydrogens (primary N) is 1. The van der Waals surface area contributed by atoms with Crippen molar-refractivity contribution >= 4 is 11.6 Å². The molecular weight excluding hydrogens is 214 g/mol. The molecule has 3 N–H and O–H groups in total. The van der Waals surface area contributed by atoms with Crippen molar-refractivity contribution in [2.75, 3.05) is 5.32 Å². The third-order valence-corrected chi connectivity index (χ3v) is 2.21. The molecule has 0 fully saturated rings. The summed E-state index contributed by atoms with van der Waals surface area (Å²) >= 11 is 0. The molecule has 1 atom stereocenters. The lowest BCUT2D eigenvalue weighted by Crippen LogP contribution is -2.39. The quantitative estimate of drug-likeness (QED) is 0.830. The Bertz CT molecular complexity index is 394. The van der Waals surface area contributed by atoms with Gasteiger partial charge >= 0.3 is 0 Å². The number of carbonyl (C=O) groups is 1. The first-order valence-electron chi connectivity index (χ1n) is 4.93. The van der Waals surface area contributed by atoms with Gasteiger partial charge in [-0.25, -0.2) is 8.78 Å². The number of halogens is 2. The maximum atomic E-state index is 13.2. The van der Waals surface area contributed by atoms with Crippen molar-refractivity contribution in [1.82, 2.24) is 0 Å². The minimum absolute atomic E-state index is 0.0726. The number of rotatable bonds is 3. The highest BCUT2D eigenvalue weighted by Crippen LogP contribution is 2.15. The van der Waals surface area contributed by atoms with E-state index in [2.05, 4.69) is 5.32 Å². The number of hydrogen-bond acceptors (Lipinski definition) is 2. The van der Waals surface area contributed by atoms with Gasteiger partial charge < -0.3 is 11.1 Å². The van der Waals surface area contributed by atoms with Crippen LogP contribution in [0.5, 0.6) is 0 Å². The van der Waals surface area contributed by atoms with Gasteiger partial charge in [0.15, 0.2) is 0 Å². The van der Waals surface area contributed by atoms with Crippen molar-refractivity contribution in [2.45, 2.75) is 19.9 Å². The zero-order valence-corrected chi connectivity index (χ0v) is 9.13. The second kappa shape index (κ2) is 5.03. The van der Waals surface area contributed by atoms with Gasteiger partial charge in [0.05, 0.1) is 11.7 Å². The number of benzene rings is 1. The fraction of sp³-hybridized carbons (Fsp3) is 0.364. The lowest BCUT2D eigenvalue weighted by molar-refractivity contribution is -0.118. The SMILES string of the molecule is CC(C)[C@@H](N)C(=O)Nc1cc(F)ccc1F. The molecule has 0 saturated heterocycles. The van der Waals surface area contributed by atoms with Crippen LogP contribution < -0.4 is 11.1 Å². The monoisotopic (exact) mass is 228 g/mol. The Labute approximate surface area is 92.6 Å². The van der Waals surface area contributed by atoms with E-state index in [-0.39, 0.29) is 11.6 Å². The van der Waals surface area contributed by atoms with Crippen molar-refractivity contribution in [3.8, 4) is 0 Å². The zero-order valence-electron chi connectivity index (χ0n) is 9.13. The average molecular weight is 228 g/mol. The molecule has 0 aliphatic heterocycles. The lowest BCUT2D eigenvalue weighted by Gasteiger charge is -2.15. The Morgan fingerprint density at radius 2 is 2.00 bits per heavy atom. The van der Waals surface area contributed by atoms with E-state index in [9.17, 15) is 13.6 Å². The molecule has 1 rings (SSSR count). The first-order chi connectivity index (χ1) is 7.41. The molecule has 1 amide bonds. The van der Waals surface area contributed by atoms with Crippen LogP contribution in [0.1, 0.15) is 13.8 Å². The highest BCUT2D eigenvalue weighted by atomic mass is 19.1. The first kappa shape index (κ1) is 12.6. The molecule has 0 aliphatic carbocycles. The van der Waals surface area contributed by atoms with E-state index in [1.165, 1.54) is 0 Å². The fourth-order valence-corrected chi connectivity index (χ4v) is 1.11. The molecule has 0 heterocycles. The maximum Gasteiger partial charge on any atom is 0.241 e. The Morgan fingerprint density at radius 1 is 1.38 bits per heavy atom. The normalized spacial score (nSPS) is 12.6. The van der Waals surface area contributed by atoms with Crippen LogP contribution in [0.15, 0.2) is 18.2 Å². The molecular formula is C11H14F2N2O. The summed E-state index contributed by atoms with van der Waals surface area (Å²) < 4.78 is 26.0. The second-order valence-corrected chi connectivity index (χ2v) is 3.88. The van der Waals surface area contributed by atoms with Crippen molar-refractivity contribution in [3.05, 3.63) is 29.8 Å². The number of amides is 1. The van der Waals surface area contributed by atoms with E-state index in [0.717, 1.165) is 18.2 Å². The molecule has 0 spiro atoms. The minimum atomic E-state index is -0.748. The van der Waals surface area contributed by atoms with Gasteiger partial charge in [0.2, 0.25) is 5.91 Å². The summed E-state index contributed by atoms with van der Waals surface area (Å²) in [5, 5.41) is 2.25. The third kappa shape index (κ3) is 3.00. The summed E-state index contributed by atoms with van der Waals surface area (Å²) in [7, 11) is 0. The fourth-order valence-electron chi connectivity index (χ4n) is 1.11. The highest BCUT2D eigenvalue weighted by Gasteiger charge is 2.18. The molecule has 88 valence electrons. The smallest absolute Gasteiger partial charge is 0.241 e. The molecule has 1 aromatic rings. The van der Waals surface area contributed by atoms with Gasteiger partial charge in [-0.15, -0.1) is 0 Å². The van der Waals surface area contributed by atoms with Crippen molar-refractivity contribution < 1.29 is 13.6 Å². The van der Waals surface area contributed by atoms with Crippen LogP contribution in [0.25, 0.3) is 0 Å². The lowest BCUT2D eigenvalue weighted by atomic mass is 10.0. The zero-order chi connectivity index (χ0) is 12.3. The Balaban J connectivity index is 2.80. The van der Waals surface area contributed by atoms with Gasteiger partial charge in [-0.3, -0.25) is 4.79 Å². The largest absolute Gasteiger partial charge is 0.322 e. The van der Waals surface area contributed by atoms with Crippen molar-refractivity contribution in [3.63, 3.8) is 0 Å². The molecule has 3 nitrogen and oxygen atoms in total. The van der Waals surface area contributed by atoms with Crippen molar-refractivity contribution in [2.24, 2.45) is 11.7 Å². The van der Waals surface area contributed by atoms with Crippen LogP contribution in [0.4, 0.5) is 14.5 Å². The highest BCUT2D eigenvalue weighted by molar-refractivity contribution is 5.94. The summed E-state index contributed by atoms with van der Waals surface area (Å²) in [6.45, 7) is 3.54. The van der Waals surface area contributed by atoms with Gasteiger partial charge in [0, 0.05) is 6.07 Å². The summed E-state index contributed by atoms with van der Waals surface area (Å²) in [5.41, 5.74) is 5.37. The second-order valence-electron chi connectivity index (χ2n) is 3.88. The maximum absolute atomic E-state index is 13.2. The van der Waals surface area contributed by atoms with Crippen LogP contribution >= 0.6 is 0 Å². The summed E-state index contributed by atoms with van der Waals surface area (Å²) in [6, 6.07) is 2.10. The Hall–Kier alpha value is -1.49. The van der Waals surface area contributed by atoms with E-state index in [1.807, 2.05) is 0 Å². The molecule has 16 heavy (non-hydrogen) atoms. The van der Waals surface area contributed by atoms with Crippen LogP contribution in [0.3, 0.4) is 0 Å². The van der Waals surface area contributed by atoms with Gasteiger partial charge in [-0.05, 0) is 18.1 Å². The summed E-state index contributed by atoms with van der Waals surface area (Å²) in [5.74, 6) is -1.91. The average Bonchev–Trinajstić information content (AvgIpc) is 2.22. The number of nitrogens with one attached hydrogen (secondary N) is 1. The van der Waals surface area contributed by atoms with E-state index >= 15 is 0 Å². The van der Waals surface area contributed by atoms with Gasteiger partial charge in [0.25, 0.3) is 0 Å². The van der Waals surface area contributed by atoms with Crippen LogP contribution in [0, 0.1) is 17.6 Å². The van der Waals surface area contributed by atoms with E-state index < -0.39 is 23.6 Å². The molecule has 0 aliphatic rings. The van der Waals surface area contributed by atoms with Gasteiger partial charge in [-0.1, -0.05) is 13.8 Å². The van der Waals surface area contributed by atoms with Crippen LogP contribution in [0.2, 0.25) is 0 Å². The predicted molar refractivity (Wildman–Crippen MR) is 57.8 cm³/mol. The first-order valence-corrected chi connectivity index (χ1v) is 4.93. The molecule has 0 bridgehead atoms. The molecule has 1 aromatic carbocycles. The number of hydrogen-bond donors (Lipinski definition) is 2. The molecule has 0 aromatic heterocycles. The Morgan fingerprint density at radius 3 is 2.56 bits per heavy atom. The number of anilines is 1. The predicted octanol–water partition coefficient (Wildman–Crippen LogP) is 1.89. The van der Waals surface area contributed by atoms with Gasteiger partial charge in [-0.2, -0.15) is 0 Å². The van der Waals surface area contributed by atoms with E-state index in [4.69, 9.17) is 5.73 Å². The Kier molecular flexibility index (Phi) is 3.95. The van der Waals surface area contributed by atoms with Crippen LogP contribution in [-0.2, 0) is 4.79 Å². The topological polar surface area (TPSA) is 55.1 Å². The van der Waals surface area contributed by atoms with Gasteiger partial charge in [0.1, 0.15) is 11.6 Å². The number of carbonyl (C=O) groups excluding carboxylic acids is 1. The van der Waals surface area contributed by atoms with E-state index in [0.29, 0.717) is 0 Å². The van der Waals surface area contributed by atoms with E-state index in [1.54, 1.807) is 13.8 Å². The minimum Gasteiger partial charge on any atom is -0.322 e. The van der Waals surface area contributed by atoms with Crippen LogP contribution in [-0.4, -0.2) is 11.9 Å². The standard InChI is InChI=1S/C11H14F2N2O/c1-6(2)10(14)11(16)15-9-5-7(12)3-4-8(9)13/h3-6,10H,14H2,1-2H3,(H,15,16)/t10-/m1/s1.